The lowest BCUT2D eigenvalue weighted by Crippen LogP contribution is -2.01. The third-order valence-electron chi connectivity index (χ3n) is 3.75. The second kappa shape index (κ2) is 4.77. The van der Waals surface area contributed by atoms with Crippen LogP contribution in [-0.2, 0) is 25.7 Å². The highest BCUT2D eigenvalue weighted by molar-refractivity contribution is 5.77. The first-order valence-corrected chi connectivity index (χ1v) is 6.50. The Bertz CT molecular complexity index is 567. The molecule has 1 heteroatoms. The number of aldehydes is 1. The quantitative estimate of drug-likeness (QED) is 0.694. The van der Waals surface area contributed by atoms with Crippen LogP contribution in [-0.4, -0.2) is 6.29 Å². The fourth-order valence-electron chi connectivity index (χ4n) is 2.58. The lowest BCUT2D eigenvalue weighted by atomic mass is 9.94. The molecular weight excluding hydrogens is 220 g/mol. The van der Waals surface area contributed by atoms with E-state index in [1.807, 2.05) is 0 Å². The van der Waals surface area contributed by atoms with E-state index in [9.17, 15) is 4.79 Å². The van der Waals surface area contributed by atoms with Crippen LogP contribution in [0.25, 0.3) is 0 Å². The van der Waals surface area contributed by atoms with Crippen molar-refractivity contribution in [2.75, 3.05) is 0 Å². The molecule has 0 spiro atoms. The van der Waals surface area contributed by atoms with Crippen molar-refractivity contribution in [2.45, 2.75) is 25.7 Å². The molecule has 6 rings (SSSR count). The molecule has 0 amide bonds. The molecule has 4 aliphatic carbocycles. The van der Waals surface area contributed by atoms with Gasteiger partial charge in [-0.1, -0.05) is 36.4 Å². The first kappa shape index (κ1) is 11.2. The summed E-state index contributed by atoms with van der Waals surface area (Å²) in [5.41, 5.74) is 6.00. The monoisotopic (exact) mass is 236 g/mol. The van der Waals surface area contributed by atoms with Gasteiger partial charge in [-0.3, -0.25) is 4.79 Å². The summed E-state index contributed by atoms with van der Waals surface area (Å²) in [5.74, 6) is 0. The van der Waals surface area contributed by atoms with E-state index in [4.69, 9.17) is 0 Å². The van der Waals surface area contributed by atoms with Crippen molar-refractivity contribution in [2.24, 2.45) is 0 Å². The maximum Gasteiger partial charge on any atom is 0.150 e. The Morgan fingerprint density at radius 1 is 0.722 bits per heavy atom. The van der Waals surface area contributed by atoms with E-state index in [1.54, 1.807) is 0 Å². The van der Waals surface area contributed by atoms with Crippen molar-refractivity contribution < 1.29 is 4.79 Å². The summed E-state index contributed by atoms with van der Waals surface area (Å²) in [6.45, 7) is 0. The van der Waals surface area contributed by atoms with Gasteiger partial charge in [0.05, 0.1) is 0 Å². The van der Waals surface area contributed by atoms with Gasteiger partial charge in [-0.2, -0.15) is 0 Å². The van der Waals surface area contributed by atoms with Crippen LogP contribution in [0.15, 0.2) is 42.5 Å². The van der Waals surface area contributed by atoms with Gasteiger partial charge in [0.2, 0.25) is 0 Å². The lowest BCUT2D eigenvalue weighted by Gasteiger charge is -2.11. The minimum atomic E-state index is 0.863. The van der Waals surface area contributed by atoms with E-state index in [-0.39, 0.29) is 0 Å². The van der Waals surface area contributed by atoms with Gasteiger partial charge in [0.25, 0.3) is 0 Å². The van der Waals surface area contributed by atoms with Gasteiger partial charge in [0.15, 0.2) is 0 Å². The molecule has 2 aromatic carbocycles. The first-order chi connectivity index (χ1) is 8.85. The van der Waals surface area contributed by atoms with Crippen LogP contribution >= 0.6 is 0 Å². The Kier molecular flexibility index (Phi) is 2.97. The highest BCUT2D eigenvalue weighted by Crippen LogP contribution is 2.18. The predicted octanol–water partition coefficient (Wildman–Crippen LogP) is 3.38. The van der Waals surface area contributed by atoms with Crippen LogP contribution in [0.1, 0.15) is 32.6 Å². The third kappa shape index (κ3) is 2.21. The van der Waals surface area contributed by atoms with E-state index in [0.29, 0.717) is 0 Å². The van der Waals surface area contributed by atoms with E-state index >= 15 is 0 Å². The Morgan fingerprint density at radius 3 is 1.94 bits per heavy atom. The van der Waals surface area contributed by atoms with E-state index in [2.05, 4.69) is 42.5 Å². The van der Waals surface area contributed by atoms with Crippen LogP contribution in [0.2, 0.25) is 0 Å². The molecule has 1 nitrogen and oxygen atoms in total. The number of carbonyl (C=O) groups excluding carboxylic acids is 1. The smallest absolute Gasteiger partial charge is 0.150 e. The average molecular weight is 236 g/mol. The minimum absolute atomic E-state index is 0.863. The van der Waals surface area contributed by atoms with E-state index in [0.717, 1.165) is 37.5 Å². The largest absolute Gasteiger partial charge is 0.298 e. The fourth-order valence-corrected chi connectivity index (χ4v) is 2.58. The Morgan fingerprint density at radius 2 is 1.28 bits per heavy atom. The summed E-state index contributed by atoms with van der Waals surface area (Å²) in [6, 6.07) is 15.2. The van der Waals surface area contributed by atoms with Gasteiger partial charge in [0, 0.05) is 5.56 Å². The summed E-state index contributed by atoms with van der Waals surface area (Å²) in [5, 5.41) is 0. The fraction of sp³-hybridized carbons (Fsp3) is 0.235. The molecule has 0 heterocycles. The molecule has 18 heavy (non-hydrogen) atoms. The van der Waals surface area contributed by atoms with Crippen molar-refractivity contribution in [1.29, 1.82) is 0 Å². The standard InChI is InChI=1S/C17H16O/c18-12-17-11-15-6-5-13-1-3-14(4-2-13)7-9-16(17)10-8-15/h1-4,8,10-12H,5-7,9H2. The number of hydrogen-bond acceptors (Lipinski definition) is 1. The summed E-state index contributed by atoms with van der Waals surface area (Å²) in [6.07, 6.45) is 4.97. The van der Waals surface area contributed by atoms with Crippen LogP contribution in [0.4, 0.5) is 0 Å². The molecule has 0 saturated heterocycles. The van der Waals surface area contributed by atoms with Gasteiger partial charge >= 0.3 is 0 Å². The molecule has 4 aliphatic rings. The molecule has 0 atom stereocenters. The van der Waals surface area contributed by atoms with Crippen LogP contribution in [0.3, 0.4) is 0 Å². The molecule has 2 aromatic rings. The number of benzene rings is 2. The lowest BCUT2D eigenvalue weighted by molar-refractivity contribution is 0.112. The zero-order valence-corrected chi connectivity index (χ0v) is 10.4. The molecule has 0 fully saturated rings. The van der Waals surface area contributed by atoms with Gasteiger partial charge in [-0.25, -0.2) is 0 Å². The highest BCUT2D eigenvalue weighted by Gasteiger charge is 2.06. The van der Waals surface area contributed by atoms with E-state index < -0.39 is 0 Å². The summed E-state index contributed by atoms with van der Waals surface area (Å²) in [7, 11) is 0. The second-order valence-corrected chi connectivity index (χ2v) is 4.97. The average Bonchev–Trinajstić information content (AvgIpc) is 2.41. The van der Waals surface area contributed by atoms with Crippen LogP contribution < -0.4 is 0 Å². The Hall–Kier alpha value is -1.89. The molecule has 0 unspecified atom stereocenters. The topological polar surface area (TPSA) is 17.1 Å². The number of rotatable bonds is 1. The van der Waals surface area contributed by atoms with Crippen molar-refractivity contribution >= 4 is 6.29 Å². The van der Waals surface area contributed by atoms with Gasteiger partial charge in [-0.05, 0) is 54.0 Å². The minimum Gasteiger partial charge on any atom is -0.298 e. The first-order valence-electron chi connectivity index (χ1n) is 6.50. The molecule has 0 aromatic heterocycles. The molecule has 0 aliphatic heterocycles. The second-order valence-electron chi connectivity index (χ2n) is 4.97. The van der Waals surface area contributed by atoms with Crippen LogP contribution in [0.5, 0.6) is 0 Å². The molecule has 4 bridgehead atoms. The number of carbonyl (C=O) groups is 1. The maximum atomic E-state index is 11.2. The molecular formula is C17H16O. The molecule has 90 valence electrons. The highest BCUT2D eigenvalue weighted by atomic mass is 16.1. The number of aryl methyl sites for hydroxylation is 4. The SMILES string of the molecule is O=Cc1cc2ccc1CCc1ccc(cc1)CC2. The maximum absolute atomic E-state index is 11.2. The molecule has 0 N–H and O–H groups in total. The third-order valence-corrected chi connectivity index (χ3v) is 3.75. The van der Waals surface area contributed by atoms with Gasteiger partial charge in [-0.15, -0.1) is 0 Å². The van der Waals surface area contributed by atoms with Crippen molar-refractivity contribution in [1.82, 2.24) is 0 Å². The predicted molar refractivity (Wildman–Crippen MR) is 73.1 cm³/mol. The summed E-state index contributed by atoms with van der Waals surface area (Å²) >= 11 is 0. The van der Waals surface area contributed by atoms with Crippen molar-refractivity contribution in [3.05, 3.63) is 70.3 Å². The van der Waals surface area contributed by atoms with E-state index in [1.165, 1.54) is 22.3 Å². The zero-order valence-electron chi connectivity index (χ0n) is 10.4. The normalized spacial score (nSPS) is 14.0. The zero-order chi connectivity index (χ0) is 12.4. The van der Waals surface area contributed by atoms with Crippen molar-refractivity contribution in [3.8, 4) is 0 Å². The van der Waals surface area contributed by atoms with Gasteiger partial charge in [0.1, 0.15) is 6.29 Å². The summed E-state index contributed by atoms with van der Waals surface area (Å²) in [4.78, 5) is 11.2. The van der Waals surface area contributed by atoms with Crippen LogP contribution in [0, 0.1) is 0 Å². The molecule has 0 radical (unpaired) electrons. The molecule has 0 saturated carbocycles. The van der Waals surface area contributed by atoms with Crippen molar-refractivity contribution in [3.63, 3.8) is 0 Å². The summed E-state index contributed by atoms with van der Waals surface area (Å²) < 4.78 is 0. The van der Waals surface area contributed by atoms with Gasteiger partial charge < -0.3 is 0 Å². The Labute approximate surface area is 107 Å². The Balaban J connectivity index is 2.02. The number of hydrogen-bond donors (Lipinski definition) is 0.